The van der Waals surface area contributed by atoms with Crippen molar-refractivity contribution in [3.05, 3.63) is 23.8 Å². The molecule has 0 spiro atoms. The van der Waals surface area contributed by atoms with Crippen LogP contribution in [0.15, 0.2) is 18.2 Å². The Hall–Kier alpha value is -2.25. The van der Waals surface area contributed by atoms with E-state index in [-0.39, 0.29) is 11.4 Å². The highest BCUT2D eigenvalue weighted by Crippen LogP contribution is 2.38. The molecule has 150 valence electrons. The van der Waals surface area contributed by atoms with Crippen LogP contribution in [-0.4, -0.2) is 70.5 Å². The summed E-state index contributed by atoms with van der Waals surface area (Å²) in [6.07, 6.45) is 3.23. The van der Waals surface area contributed by atoms with E-state index >= 15 is 0 Å². The second-order valence-corrected chi connectivity index (χ2v) is 6.92. The Balaban J connectivity index is 1.99. The molecule has 1 aromatic rings. The molecule has 1 saturated heterocycles. The van der Waals surface area contributed by atoms with Gasteiger partial charge in [-0.1, -0.05) is 0 Å². The van der Waals surface area contributed by atoms with Gasteiger partial charge in [0.05, 0.1) is 34.5 Å². The van der Waals surface area contributed by atoms with Gasteiger partial charge in [-0.15, -0.1) is 0 Å². The molecule has 0 aromatic heterocycles. The normalized spacial score (nSPS) is 15.6. The van der Waals surface area contributed by atoms with Crippen LogP contribution < -0.4 is 19.5 Å². The van der Waals surface area contributed by atoms with Crippen molar-refractivity contribution >= 4 is 12.0 Å². The summed E-state index contributed by atoms with van der Waals surface area (Å²) in [7, 11) is 4.68. The molecule has 0 atom stereocenters. The van der Waals surface area contributed by atoms with E-state index in [4.69, 9.17) is 18.9 Å². The van der Waals surface area contributed by atoms with Crippen LogP contribution in [0.4, 0.5) is 0 Å². The molecule has 0 bridgehead atoms. The lowest BCUT2D eigenvalue weighted by Crippen LogP contribution is -2.55. The van der Waals surface area contributed by atoms with Gasteiger partial charge in [-0.25, -0.2) is 0 Å². The monoisotopic (exact) mass is 378 g/mol. The van der Waals surface area contributed by atoms with E-state index in [0.29, 0.717) is 23.8 Å². The zero-order chi connectivity index (χ0) is 19.9. The van der Waals surface area contributed by atoms with Crippen LogP contribution in [0, 0.1) is 0 Å². The molecule has 2 rings (SSSR count). The number of ether oxygens (including phenoxy) is 4. The fourth-order valence-electron chi connectivity index (χ4n) is 3.01. The second-order valence-electron chi connectivity index (χ2n) is 6.92. The van der Waals surface area contributed by atoms with Crippen molar-refractivity contribution in [2.75, 3.05) is 54.2 Å². The van der Waals surface area contributed by atoms with E-state index in [1.165, 1.54) is 6.08 Å². The maximum Gasteiger partial charge on any atom is 0.244 e. The van der Waals surface area contributed by atoms with Gasteiger partial charge in [0.1, 0.15) is 0 Å². The summed E-state index contributed by atoms with van der Waals surface area (Å²) < 4.78 is 21.4. The number of methoxy groups -OCH3 is 3. The fourth-order valence-corrected chi connectivity index (χ4v) is 3.01. The van der Waals surface area contributed by atoms with Crippen LogP contribution in [-0.2, 0) is 9.53 Å². The summed E-state index contributed by atoms with van der Waals surface area (Å²) in [5.41, 5.74) is 0.659. The molecule has 7 nitrogen and oxygen atoms in total. The molecule has 0 aliphatic carbocycles. The second kappa shape index (κ2) is 9.62. The molecule has 1 fully saturated rings. The largest absolute Gasteiger partial charge is 0.493 e. The smallest absolute Gasteiger partial charge is 0.244 e. The van der Waals surface area contributed by atoms with Crippen LogP contribution >= 0.6 is 0 Å². The van der Waals surface area contributed by atoms with Gasteiger partial charge in [0.2, 0.25) is 11.7 Å². The van der Waals surface area contributed by atoms with E-state index < -0.39 is 0 Å². The summed E-state index contributed by atoms with van der Waals surface area (Å²) >= 11 is 0. The zero-order valence-corrected chi connectivity index (χ0v) is 16.8. The average molecular weight is 378 g/mol. The van der Waals surface area contributed by atoms with Gasteiger partial charge >= 0.3 is 0 Å². The molecule has 1 aliphatic rings. The lowest BCUT2D eigenvalue weighted by molar-refractivity contribution is -0.117. The SMILES string of the molecule is COc1cc(/C=C/C(=O)NCC(C)(C)N2CCOCC2)cc(OC)c1OC. The molecule has 1 aromatic carbocycles. The first-order valence-corrected chi connectivity index (χ1v) is 9.00. The van der Waals surface area contributed by atoms with Crippen molar-refractivity contribution in [2.45, 2.75) is 19.4 Å². The van der Waals surface area contributed by atoms with Crippen molar-refractivity contribution in [1.82, 2.24) is 10.2 Å². The summed E-state index contributed by atoms with van der Waals surface area (Å²) in [6.45, 7) is 8.04. The minimum atomic E-state index is -0.148. The van der Waals surface area contributed by atoms with E-state index in [1.807, 2.05) is 0 Å². The maximum absolute atomic E-state index is 12.2. The summed E-state index contributed by atoms with van der Waals surface area (Å²) in [6, 6.07) is 3.59. The predicted octanol–water partition coefficient (Wildman–Crippen LogP) is 1.95. The van der Waals surface area contributed by atoms with Gasteiger partial charge in [0.25, 0.3) is 0 Å². The zero-order valence-electron chi connectivity index (χ0n) is 16.8. The van der Waals surface area contributed by atoms with Crippen molar-refractivity contribution in [3.8, 4) is 17.2 Å². The van der Waals surface area contributed by atoms with Crippen LogP contribution in [0.1, 0.15) is 19.4 Å². The molecule has 1 aliphatic heterocycles. The number of benzene rings is 1. The van der Waals surface area contributed by atoms with E-state index in [2.05, 4.69) is 24.1 Å². The fraction of sp³-hybridized carbons (Fsp3) is 0.550. The molecule has 1 N–H and O–H groups in total. The van der Waals surface area contributed by atoms with Crippen molar-refractivity contribution < 1.29 is 23.7 Å². The Kier molecular flexibility index (Phi) is 7.50. The third kappa shape index (κ3) is 5.61. The number of nitrogens with zero attached hydrogens (tertiary/aromatic N) is 1. The molecule has 27 heavy (non-hydrogen) atoms. The number of amides is 1. The molecule has 1 heterocycles. The summed E-state index contributed by atoms with van der Waals surface area (Å²) in [5, 5.41) is 2.97. The van der Waals surface area contributed by atoms with Gasteiger partial charge in [-0.3, -0.25) is 9.69 Å². The summed E-state index contributed by atoms with van der Waals surface area (Å²) in [4.78, 5) is 14.6. The first-order valence-electron chi connectivity index (χ1n) is 9.00. The molecule has 0 radical (unpaired) electrons. The first kappa shape index (κ1) is 21.1. The number of rotatable bonds is 8. The number of carbonyl (C=O) groups is 1. The third-order valence-corrected chi connectivity index (χ3v) is 4.68. The standard InChI is InChI=1S/C20H30N2O5/c1-20(2,22-8-10-27-11-9-22)14-21-18(23)7-6-15-12-16(24-3)19(26-5)17(13-15)25-4/h6-7,12-13H,8-11,14H2,1-5H3,(H,21,23)/b7-6+. The Morgan fingerprint density at radius 2 is 1.74 bits per heavy atom. The first-order chi connectivity index (χ1) is 12.9. The summed E-state index contributed by atoms with van der Waals surface area (Å²) in [5.74, 6) is 1.47. The Morgan fingerprint density at radius 3 is 2.26 bits per heavy atom. The third-order valence-electron chi connectivity index (χ3n) is 4.68. The number of hydrogen-bond donors (Lipinski definition) is 1. The van der Waals surface area contributed by atoms with Crippen molar-refractivity contribution in [2.24, 2.45) is 0 Å². The Labute approximate surface area is 161 Å². The van der Waals surface area contributed by atoms with Gasteiger partial charge in [0, 0.05) is 31.2 Å². The molecular formula is C20H30N2O5. The predicted molar refractivity (Wildman–Crippen MR) is 105 cm³/mol. The number of morpholine rings is 1. The highest BCUT2D eigenvalue weighted by molar-refractivity contribution is 5.92. The van der Waals surface area contributed by atoms with Crippen molar-refractivity contribution in [3.63, 3.8) is 0 Å². The maximum atomic E-state index is 12.2. The molecule has 7 heteroatoms. The Bertz CT molecular complexity index is 641. The minimum Gasteiger partial charge on any atom is -0.493 e. The van der Waals surface area contributed by atoms with Gasteiger partial charge in [-0.2, -0.15) is 0 Å². The van der Waals surface area contributed by atoms with E-state index in [0.717, 1.165) is 31.9 Å². The van der Waals surface area contributed by atoms with Crippen LogP contribution in [0.2, 0.25) is 0 Å². The quantitative estimate of drug-likeness (QED) is 0.698. The van der Waals surface area contributed by atoms with E-state index in [9.17, 15) is 4.79 Å². The lowest BCUT2D eigenvalue weighted by atomic mass is 10.0. The number of carbonyl (C=O) groups excluding carboxylic acids is 1. The van der Waals surface area contributed by atoms with Gasteiger partial charge < -0.3 is 24.3 Å². The highest BCUT2D eigenvalue weighted by Gasteiger charge is 2.28. The minimum absolute atomic E-state index is 0.125. The number of hydrogen-bond acceptors (Lipinski definition) is 6. The highest BCUT2D eigenvalue weighted by atomic mass is 16.5. The van der Waals surface area contributed by atoms with Crippen molar-refractivity contribution in [1.29, 1.82) is 0 Å². The van der Waals surface area contributed by atoms with Crippen LogP contribution in [0.3, 0.4) is 0 Å². The van der Waals surface area contributed by atoms with Crippen LogP contribution in [0.25, 0.3) is 6.08 Å². The molecule has 1 amide bonds. The molecular weight excluding hydrogens is 348 g/mol. The average Bonchev–Trinajstić information content (AvgIpc) is 2.70. The lowest BCUT2D eigenvalue weighted by Gasteiger charge is -2.40. The van der Waals surface area contributed by atoms with Gasteiger partial charge in [-0.05, 0) is 37.6 Å². The van der Waals surface area contributed by atoms with Gasteiger partial charge in [0.15, 0.2) is 11.5 Å². The topological polar surface area (TPSA) is 69.3 Å². The molecule has 0 unspecified atom stereocenters. The van der Waals surface area contributed by atoms with Crippen LogP contribution in [0.5, 0.6) is 17.2 Å². The number of nitrogens with one attached hydrogen (secondary N) is 1. The van der Waals surface area contributed by atoms with E-state index in [1.54, 1.807) is 39.5 Å². The molecule has 0 saturated carbocycles. The Morgan fingerprint density at radius 1 is 1.15 bits per heavy atom.